The second kappa shape index (κ2) is 6.36. The molecule has 0 bridgehead atoms. The van der Waals surface area contributed by atoms with Crippen LogP contribution in [0.2, 0.25) is 0 Å². The Bertz CT molecular complexity index is 785. The van der Waals surface area contributed by atoms with Gasteiger partial charge >= 0.3 is 0 Å². The van der Waals surface area contributed by atoms with Gasteiger partial charge in [-0.3, -0.25) is 4.72 Å². The Morgan fingerprint density at radius 1 is 1.00 bits per heavy atom. The number of benzene rings is 2. The second-order valence-corrected chi connectivity index (χ2v) is 8.55. The van der Waals surface area contributed by atoms with Crippen LogP contribution < -0.4 is 4.72 Å². The molecule has 4 heteroatoms. The Morgan fingerprint density at radius 2 is 1.61 bits per heavy atom. The summed E-state index contributed by atoms with van der Waals surface area (Å²) in [6.45, 7) is 10.3. The lowest BCUT2D eigenvalue weighted by molar-refractivity contribution is 0.590. The van der Waals surface area contributed by atoms with Crippen molar-refractivity contribution in [1.29, 1.82) is 0 Å². The fourth-order valence-corrected chi connectivity index (χ4v) is 3.85. The van der Waals surface area contributed by atoms with Crippen LogP contribution in [0.15, 0.2) is 47.4 Å². The quantitative estimate of drug-likeness (QED) is 0.886. The lowest BCUT2D eigenvalue weighted by atomic mass is 9.87. The summed E-state index contributed by atoms with van der Waals surface area (Å²) in [5.74, 6) is 0. The second-order valence-electron chi connectivity index (χ2n) is 6.90. The van der Waals surface area contributed by atoms with Gasteiger partial charge in [0, 0.05) is 5.69 Å². The minimum absolute atomic E-state index is 0.0454. The molecule has 0 aromatic heterocycles. The van der Waals surface area contributed by atoms with E-state index in [9.17, 15) is 8.42 Å². The van der Waals surface area contributed by atoms with Gasteiger partial charge in [-0.1, -0.05) is 57.5 Å². The molecule has 0 aliphatic heterocycles. The average molecular weight is 331 g/mol. The highest BCUT2D eigenvalue weighted by Gasteiger charge is 2.19. The van der Waals surface area contributed by atoms with E-state index in [1.165, 1.54) is 5.56 Å². The molecule has 2 aromatic carbocycles. The average Bonchev–Trinajstić information content (AvgIpc) is 2.46. The predicted molar refractivity (Wildman–Crippen MR) is 96.5 cm³/mol. The Morgan fingerprint density at radius 3 is 2.13 bits per heavy atom. The molecule has 3 nitrogen and oxygen atoms in total. The van der Waals surface area contributed by atoms with E-state index in [0.29, 0.717) is 17.0 Å². The molecule has 0 fully saturated rings. The largest absolute Gasteiger partial charge is 0.280 e. The number of nitrogens with one attached hydrogen (secondary N) is 1. The van der Waals surface area contributed by atoms with Gasteiger partial charge in [0.2, 0.25) is 0 Å². The molecule has 0 radical (unpaired) electrons. The summed E-state index contributed by atoms with van der Waals surface area (Å²) in [7, 11) is -3.57. The lowest BCUT2D eigenvalue weighted by Crippen LogP contribution is -2.15. The van der Waals surface area contributed by atoms with Crippen LogP contribution in [0.5, 0.6) is 0 Å². The zero-order valence-corrected chi connectivity index (χ0v) is 15.3. The van der Waals surface area contributed by atoms with E-state index < -0.39 is 10.0 Å². The molecule has 0 aliphatic carbocycles. The number of anilines is 1. The summed E-state index contributed by atoms with van der Waals surface area (Å²) in [6, 6.07) is 13.0. The maximum absolute atomic E-state index is 12.7. The third-order valence-electron chi connectivity index (χ3n) is 3.89. The normalized spacial score (nSPS) is 12.2. The summed E-state index contributed by atoms with van der Waals surface area (Å²) < 4.78 is 28.0. The smallest absolute Gasteiger partial charge is 0.262 e. The van der Waals surface area contributed by atoms with Gasteiger partial charge in [0.15, 0.2) is 0 Å². The first kappa shape index (κ1) is 17.5. The molecule has 0 aliphatic rings. The molecule has 0 saturated heterocycles. The van der Waals surface area contributed by atoms with Crippen LogP contribution in [0, 0.1) is 6.92 Å². The van der Waals surface area contributed by atoms with Crippen LogP contribution >= 0.6 is 0 Å². The van der Waals surface area contributed by atoms with Gasteiger partial charge in [0.1, 0.15) is 0 Å². The van der Waals surface area contributed by atoms with Crippen molar-refractivity contribution < 1.29 is 8.42 Å². The number of hydrogen-bond acceptors (Lipinski definition) is 2. The van der Waals surface area contributed by atoms with Crippen LogP contribution in [0.1, 0.15) is 44.4 Å². The summed E-state index contributed by atoms with van der Waals surface area (Å²) >= 11 is 0. The molecule has 0 saturated carbocycles. The number of rotatable bonds is 4. The first-order valence-electron chi connectivity index (χ1n) is 7.86. The highest BCUT2D eigenvalue weighted by molar-refractivity contribution is 7.92. The molecule has 0 amide bonds. The highest BCUT2D eigenvalue weighted by Crippen LogP contribution is 2.25. The summed E-state index contributed by atoms with van der Waals surface area (Å²) in [4.78, 5) is 0.352. The van der Waals surface area contributed by atoms with E-state index >= 15 is 0 Å². The van der Waals surface area contributed by atoms with Gasteiger partial charge in [0.05, 0.1) is 4.90 Å². The fraction of sp³-hybridized carbons (Fsp3) is 0.368. The zero-order valence-electron chi connectivity index (χ0n) is 14.5. The van der Waals surface area contributed by atoms with E-state index in [1.54, 1.807) is 6.07 Å². The standard InChI is InChI=1S/C19H25NO2S/c1-6-15-13-14(2)7-12-18(15)23(21,22)20-17-10-8-16(9-11-17)19(3,4)5/h7-13,20H,6H2,1-5H3. The number of sulfonamides is 1. The molecule has 0 spiro atoms. The SMILES string of the molecule is CCc1cc(C)ccc1S(=O)(=O)Nc1ccc(C(C)(C)C)cc1. The fourth-order valence-electron chi connectivity index (χ4n) is 2.50. The van der Waals surface area contributed by atoms with Crippen molar-refractivity contribution in [1.82, 2.24) is 0 Å². The van der Waals surface area contributed by atoms with Crippen molar-refractivity contribution in [3.63, 3.8) is 0 Å². The minimum Gasteiger partial charge on any atom is -0.280 e. The van der Waals surface area contributed by atoms with Crippen molar-refractivity contribution >= 4 is 15.7 Å². The van der Waals surface area contributed by atoms with E-state index in [0.717, 1.165) is 11.1 Å². The van der Waals surface area contributed by atoms with Gasteiger partial charge in [-0.2, -0.15) is 0 Å². The topological polar surface area (TPSA) is 46.2 Å². The van der Waals surface area contributed by atoms with Gasteiger partial charge in [0.25, 0.3) is 10.0 Å². The van der Waals surface area contributed by atoms with Crippen molar-refractivity contribution in [2.24, 2.45) is 0 Å². The molecule has 0 unspecified atom stereocenters. The molecular formula is C19H25NO2S. The molecule has 0 heterocycles. The first-order valence-corrected chi connectivity index (χ1v) is 9.34. The molecule has 23 heavy (non-hydrogen) atoms. The van der Waals surface area contributed by atoms with Crippen LogP contribution in [-0.2, 0) is 21.9 Å². The van der Waals surface area contributed by atoms with Crippen molar-refractivity contribution in [3.8, 4) is 0 Å². The van der Waals surface area contributed by atoms with Crippen molar-refractivity contribution in [3.05, 3.63) is 59.2 Å². The van der Waals surface area contributed by atoms with Crippen LogP contribution in [0.25, 0.3) is 0 Å². The van der Waals surface area contributed by atoms with E-state index in [-0.39, 0.29) is 5.41 Å². The maximum atomic E-state index is 12.7. The van der Waals surface area contributed by atoms with E-state index in [4.69, 9.17) is 0 Å². The van der Waals surface area contributed by atoms with Crippen LogP contribution in [0.3, 0.4) is 0 Å². The molecule has 2 rings (SSSR count). The zero-order chi connectivity index (χ0) is 17.3. The van der Waals surface area contributed by atoms with Crippen molar-refractivity contribution in [2.75, 3.05) is 4.72 Å². The van der Waals surface area contributed by atoms with Crippen molar-refractivity contribution in [2.45, 2.75) is 51.3 Å². The Labute approximate surface area is 139 Å². The summed E-state index contributed by atoms with van der Waals surface area (Å²) in [5, 5.41) is 0. The third kappa shape index (κ3) is 4.14. The van der Waals surface area contributed by atoms with Gasteiger partial charge in [-0.15, -0.1) is 0 Å². The molecule has 1 N–H and O–H groups in total. The Hall–Kier alpha value is -1.81. The van der Waals surface area contributed by atoms with Gasteiger partial charge in [-0.05, 0) is 48.1 Å². The minimum atomic E-state index is -3.57. The summed E-state index contributed by atoms with van der Waals surface area (Å²) in [5.41, 5.74) is 3.70. The van der Waals surface area contributed by atoms with Crippen LogP contribution in [-0.4, -0.2) is 8.42 Å². The summed E-state index contributed by atoms with van der Waals surface area (Å²) in [6.07, 6.45) is 0.681. The van der Waals surface area contributed by atoms with E-state index in [1.807, 2.05) is 50.2 Å². The van der Waals surface area contributed by atoms with Gasteiger partial charge in [-0.25, -0.2) is 8.42 Å². The number of aryl methyl sites for hydroxylation is 2. The van der Waals surface area contributed by atoms with Crippen LogP contribution in [0.4, 0.5) is 5.69 Å². The molecule has 2 aromatic rings. The number of hydrogen-bond donors (Lipinski definition) is 1. The monoisotopic (exact) mass is 331 g/mol. The Kier molecular flexibility index (Phi) is 4.85. The highest BCUT2D eigenvalue weighted by atomic mass is 32.2. The first-order chi connectivity index (χ1) is 10.6. The Balaban J connectivity index is 2.32. The van der Waals surface area contributed by atoms with Gasteiger partial charge < -0.3 is 0 Å². The predicted octanol–water partition coefficient (Wildman–Crippen LogP) is 4.66. The molecular weight excluding hydrogens is 306 g/mol. The molecule has 0 atom stereocenters. The maximum Gasteiger partial charge on any atom is 0.262 e. The molecule has 124 valence electrons. The van der Waals surface area contributed by atoms with E-state index in [2.05, 4.69) is 25.5 Å². The third-order valence-corrected chi connectivity index (χ3v) is 5.37. The lowest BCUT2D eigenvalue weighted by Gasteiger charge is -2.19.